The van der Waals surface area contributed by atoms with E-state index in [1.807, 2.05) is 24.0 Å². The third-order valence-electron chi connectivity index (χ3n) is 7.65. The zero-order valence-corrected chi connectivity index (χ0v) is 23.4. The normalized spacial score (nSPS) is 24.7. The minimum absolute atomic E-state index is 0.0614. The molecule has 4 rings (SSSR count). The second-order valence-corrected chi connectivity index (χ2v) is 14.4. The fraction of sp³-hybridized carbons (Fsp3) is 0.500. The van der Waals surface area contributed by atoms with E-state index in [2.05, 4.69) is 4.40 Å². The van der Waals surface area contributed by atoms with Crippen LogP contribution in [0.15, 0.2) is 52.9 Å². The molecule has 2 aliphatic rings. The summed E-state index contributed by atoms with van der Waals surface area (Å²) in [7, 11) is -7.34. The van der Waals surface area contributed by atoms with Gasteiger partial charge in [-0.3, -0.25) is 0 Å². The lowest BCUT2D eigenvalue weighted by Gasteiger charge is -2.45. The highest BCUT2D eigenvalue weighted by Crippen LogP contribution is 2.47. The van der Waals surface area contributed by atoms with Crippen molar-refractivity contribution in [3.05, 3.63) is 65.5 Å². The molecule has 37 heavy (non-hydrogen) atoms. The highest BCUT2D eigenvalue weighted by atomic mass is 32.2. The minimum atomic E-state index is -4.08. The average molecular weight is 552 g/mol. The lowest BCUT2D eigenvalue weighted by atomic mass is 9.84. The van der Waals surface area contributed by atoms with Crippen molar-refractivity contribution in [1.82, 2.24) is 4.31 Å². The molecule has 8 nitrogen and oxygen atoms in total. The van der Waals surface area contributed by atoms with Crippen molar-refractivity contribution in [1.29, 1.82) is 0 Å². The lowest BCUT2D eigenvalue weighted by molar-refractivity contribution is 0.0427. The Bertz CT molecular complexity index is 1420. The Balaban J connectivity index is 1.62. The maximum Gasteiger partial charge on any atom is 0.269 e. The molecule has 2 atom stereocenters. The Hall–Kier alpha value is -2.50. The fourth-order valence-corrected chi connectivity index (χ4v) is 7.52. The molecule has 202 valence electrons. The topological polar surface area (TPSA) is 96.4 Å². The predicted molar refractivity (Wildman–Crippen MR) is 143 cm³/mol. The van der Waals surface area contributed by atoms with Gasteiger partial charge < -0.3 is 9.64 Å². The molecule has 2 aliphatic heterocycles. The number of halogens is 1. The van der Waals surface area contributed by atoms with Crippen LogP contribution in [0.2, 0.25) is 0 Å². The summed E-state index contributed by atoms with van der Waals surface area (Å²) in [6.07, 6.45) is 1.34. The van der Waals surface area contributed by atoms with Crippen LogP contribution in [0.1, 0.15) is 51.2 Å². The fourth-order valence-electron chi connectivity index (χ4n) is 5.05. The average Bonchev–Trinajstić information content (AvgIpc) is 2.82. The molecule has 1 unspecified atom stereocenters. The van der Waals surface area contributed by atoms with E-state index in [-0.39, 0.29) is 24.1 Å². The molecule has 0 radical (unpaired) electrons. The smallest absolute Gasteiger partial charge is 0.269 e. The quantitative estimate of drug-likeness (QED) is 0.541. The Kier molecular flexibility index (Phi) is 7.19. The maximum atomic E-state index is 14.3. The first-order valence-electron chi connectivity index (χ1n) is 12.2. The molecule has 1 fully saturated rings. The van der Waals surface area contributed by atoms with Gasteiger partial charge in [0.1, 0.15) is 11.4 Å². The highest BCUT2D eigenvalue weighted by Gasteiger charge is 2.58. The van der Waals surface area contributed by atoms with Crippen molar-refractivity contribution in [2.24, 2.45) is 4.40 Å². The number of hydrogen-bond acceptors (Lipinski definition) is 6. The van der Waals surface area contributed by atoms with Crippen LogP contribution in [-0.2, 0) is 29.5 Å². The molecule has 2 aromatic carbocycles. The summed E-state index contributed by atoms with van der Waals surface area (Å²) in [6, 6.07) is 13.7. The standard InChI is InChI=1S/C26H34FN3O5S2/c1-19(22-11-6-7-12-23(22)27)17-24-28-37(33,34)26(4,25(2,3)35-24)20-9-8-10-21(18-20)29-13-15-30(16-14-29)36(5,31)32/h6-12,18-19H,13-17H2,1-5H3/t19-,26?/m1/s1. The first-order valence-corrected chi connectivity index (χ1v) is 15.5. The second-order valence-electron chi connectivity index (χ2n) is 10.4. The summed E-state index contributed by atoms with van der Waals surface area (Å²) in [5.41, 5.74) is 0.637. The third-order valence-corrected chi connectivity index (χ3v) is 11.2. The largest absolute Gasteiger partial charge is 0.472 e. The van der Waals surface area contributed by atoms with E-state index in [0.29, 0.717) is 37.3 Å². The third kappa shape index (κ3) is 5.13. The Labute approximate surface area is 219 Å². The van der Waals surface area contributed by atoms with Gasteiger partial charge in [-0.2, -0.15) is 4.31 Å². The van der Waals surface area contributed by atoms with Gasteiger partial charge in [0.2, 0.25) is 15.9 Å². The van der Waals surface area contributed by atoms with E-state index >= 15 is 0 Å². The Morgan fingerprint density at radius 1 is 1.05 bits per heavy atom. The van der Waals surface area contributed by atoms with Crippen LogP contribution in [0, 0.1) is 5.82 Å². The number of nitrogens with zero attached hydrogens (tertiary/aromatic N) is 3. The predicted octanol–water partition coefficient (Wildman–Crippen LogP) is 3.85. The van der Waals surface area contributed by atoms with Gasteiger partial charge in [-0.15, -0.1) is 4.40 Å². The number of rotatable bonds is 6. The van der Waals surface area contributed by atoms with Gasteiger partial charge in [-0.1, -0.05) is 37.3 Å². The van der Waals surface area contributed by atoms with Crippen LogP contribution in [0.5, 0.6) is 0 Å². The summed E-state index contributed by atoms with van der Waals surface area (Å²) >= 11 is 0. The van der Waals surface area contributed by atoms with Gasteiger partial charge in [0.25, 0.3) is 10.0 Å². The monoisotopic (exact) mass is 551 g/mol. The molecule has 0 spiro atoms. The molecule has 2 heterocycles. The highest BCUT2D eigenvalue weighted by molar-refractivity contribution is 7.91. The van der Waals surface area contributed by atoms with E-state index < -0.39 is 30.4 Å². The van der Waals surface area contributed by atoms with Crippen LogP contribution in [0.4, 0.5) is 10.1 Å². The van der Waals surface area contributed by atoms with Gasteiger partial charge in [0.15, 0.2) is 4.75 Å². The molecule has 0 bridgehead atoms. The first kappa shape index (κ1) is 27.5. The van der Waals surface area contributed by atoms with Crippen molar-refractivity contribution in [2.75, 3.05) is 37.3 Å². The van der Waals surface area contributed by atoms with Crippen LogP contribution >= 0.6 is 0 Å². The number of ether oxygens (including phenoxy) is 1. The molecule has 2 aromatic rings. The van der Waals surface area contributed by atoms with E-state index in [0.717, 1.165) is 5.69 Å². The number of anilines is 1. The van der Waals surface area contributed by atoms with Crippen LogP contribution in [0.3, 0.4) is 0 Å². The van der Waals surface area contributed by atoms with E-state index in [1.165, 1.54) is 16.6 Å². The van der Waals surface area contributed by atoms with Gasteiger partial charge in [-0.25, -0.2) is 21.2 Å². The minimum Gasteiger partial charge on any atom is -0.472 e. The number of sulfonamides is 2. The molecule has 0 amide bonds. The molecule has 1 saturated heterocycles. The van der Waals surface area contributed by atoms with E-state index in [4.69, 9.17) is 4.74 Å². The summed E-state index contributed by atoms with van der Waals surface area (Å²) in [5, 5.41) is 0. The zero-order chi connectivity index (χ0) is 27.2. The molecular formula is C26H34FN3O5S2. The van der Waals surface area contributed by atoms with Crippen LogP contribution < -0.4 is 4.90 Å². The summed E-state index contributed by atoms with van der Waals surface area (Å²) in [6.45, 7) is 8.60. The maximum absolute atomic E-state index is 14.3. The molecule has 0 N–H and O–H groups in total. The van der Waals surface area contributed by atoms with Crippen molar-refractivity contribution in [3.63, 3.8) is 0 Å². The second kappa shape index (κ2) is 9.67. The SMILES string of the molecule is C[C@H](CC1=NS(=O)(=O)C(C)(c2cccc(N3CCN(S(C)(=O)=O)CC3)c2)C(C)(C)O1)c1ccccc1F. The van der Waals surface area contributed by atoms with Gasteiger partial charge in [0, 0.05) is 38.3 Å². The summed E-state index contributed by atoms with van der Waals surface area (Å²) in [5.74, 6) is -0.622. The van der Waals surface area contributed by atoms with E-state index in [9.17, 15) is 21.2 Å². The van der Waals surface area contributed by atoms with Crippen LogP contribution in [0.25, 0.3) is 0 Å². The summed E-state index contributed by atoms with van der Waals surface area (Å²) in [4.78, 5) is 2.04. The van der Waals surface area contributed by atoms with Crippen molar-refractivity contribution < 1.29 is 26.0 Å². The molecule has 0 aromatic heterocycles. The van der Waals surface area contributed by atoms with Crippen molar-refractivity contribution in [3.8, 4) is 0 Å². The van der Waals surface area contributed by atoms with Gasteiger partial charge >= 0.3 is 0 Å². The van der Waals surface area contributed by atoms with E-state index in [1.54, 1.807) is 51.1 Å². The first-order chi connectivity index (χ1) is 17.2. The van der Waals surface area contributed by atoms with Crippen LogP contribution in [-0.4, -0.2) is 65.1 Å². The molecule has 0 saturated carbocycles. The Morgan fingerprint density at radius 2 is 1.70 bits per heavy atom. The Morgan fingerprint density at radius 3 is 2.30 bits per heavy atom. The number of hydrogen-bond donors (Lipinski definition) is 0. The number of piperazine rings is 1. The zero-order valence-electron chi connectivity index (χ0n) is 21.8. The molecule has 11 heteroatoms. The lowest BCUT2D eigenvalue weighted by Crippen LogP contribution is -2.56. The summed E-state index contributed by atoms with van der Waals surface area (Å²) < 4.78 is 75.7. The van der Waals surface area contributed by atoms with Crippen molar-refractivity contribution >= 4 is 31.6 Å². The van der Waals surface area contributed by atoms with Gasteiger partial charge in [-0.05, 0) is 56.0 Å². The molecular weight excluding hydrogens is 517 g/mol. The molecule has 0 aliphatic carbocycles. The van der Waals surface area contributed by atoms with Crippen molar-refractivity contribution in [2.45, 2.75) is 50.4 Å². The van der Waals surface area contributed by atoms with Gasteiger partial charge in [0.05, 0.1) is 6.26 Å². The number of benzene rings is 2.